The summed E-state index contributed by atoms with van der Waals surface area (Å²) in [6, 6.07) is 7.70. The molecule has 0 atom stereocenters. The summed E-state index contributed by atoms with van der Waals surface area (Å²) in [4.78, 5) is 34.5. The molecule has 3 N–H and O–H groups in total. The molecule has 0 aliphatic rings. The maximum Gasteiger partial charge on any atom is 0.267 e. The summed E-state index contributed by atoms with van der Waals surface area (Å²) in [6.45, 7) is 0.265. The van der Waals surface area contributed by atoms with Gasteiger partial charge >= 0.3 is 0 Å². The minimum atomic E-state index is -0.574. The van der Waals surface area contributed by atoms with Crippen molar-refractivity contribution >= 4 is 69.5 Å². The Hall–Kier alpha value is -3.44. The van der Waals surface area contributed by atoms with E-state index in [4.69, 9.17) is 44.9 Å². The monoisotopic (exact) mass is 562 g/mol. The van der Waals surface area contributed by atoms with E-state index in [2.05, 4.69) is 20.6 Å². The Labute approximate surface area is 224 Å². The van der Waals surface area contributed by atoms with Gasteiger partial charge in [0.1, 0.15) is 16.4 Å². The van der Waals surface area contributed by atoms with Gasteiger partial charge in [-0.25, -0.2) is 9.97 Å². The topological polar surface area (TPSA) is 122 Å². The predicted molar refractivity (Wildman–Crippen MR) is 140 cm³/mol. The first-order valence-corrected chi connectivity index (χ1v) is 12.2. The number of amides is 2. The van der Waals surface area contributed by atoms with E-state index in [9.17, 15) is 9.59 Å². The number of hydrogen-bond donors (Lipinski definition) is 3. The van der Waals surface area contributed by atoms with Crippen LogP contribution in [0.15, 0.2) is 54.3 Å². The number of aromatic nitrogens is 3. The van der Waals surface area contributed by atoms with Gasteiger partial charge in [-0.2, -0.15) is 0 Å². The van der Waals surface area contributed by atoms with Crippen molar-refractivity contribution < 1.29 is 14.3 Å². The van der Waals surface area contributed by atoms with Crippen molar-refractivity contribution in [3.05, 3.63) is 91.0 Å². The van der Waals surface area contributed by atoms with Gasteiger partial charge in [0.25, 0.3) is 11.8 Å². The van der Waals surface area contributed by atoms with Gasteiger partial charge in [-0.05, 0) is 29.6 Å². The summed E-state index contributed by atoms with van der Waals surface area (Å²) < 4.78 is 6.96. The lowest BCUT2D eigenvalue weighted by Crippen LogP contribution is -2.22. The molecule has 9 nitrogen and oxygen atoms in total. The molecule has 184 valence electrons. The van der Waals surface area contributed by atoms with Gasteiger partial charge < -0.3 is 19.9 Å². The van der Waals surface area contributed by atoms with Crippen LogP contribution in [0.5, 0.6) is 5.75 Å². The molecule has 0 saturated carbocycles. The molecule has 1 aromatic carbocycles. The highest BCUT2D eigenvalue weighted by molar-refractivity contribution is 7.13. The third-order valence-corrected chi connectivity index (χ3v) is 6.92. The summed E-state index contributed by atoms with van der Waals surface area (Å²) in [6.07, 6.45) is 4.60. The smallest absolute Gasteiger partial charge is 0.267 e. The highest BCUT2D eigenvalue weighted by atomic mass is 35.5. The number of anilines is 2. The number of pyridine rings is 1. The number of halogens is 3. The molecule has 3 heterocycles. The van der Waals surface area contributed by atoms with Crippen molar-refractivity contribution in [2.45, 2.75) is 6.54 Å². The van der Waals surface area contributed by atoms with Crippen LogP contribution in [-0.2, 0) is 6.54 Å². The van der Waals surface area contributed by atoms with E-state index in [1.54, 1.807) is 28.3 Å². The molecule has 4 aromatic rings. The first-order chi connectivity index (χ1) is 17.3. The molecule has 2 amide bonds. The van der Waals surface area contributed by atoms with E-state index in [1.165, 1.54) is 37.7 Å². The molecule has 0 unspecified atom stereocenters. The van der Waals surface area contributed by atoms with Crippen LogP contribution in [0.1, 0.15) is 25.6 Å². The summed E-state index contributed by atoms with van der Waals surface area (Å²) in [7, 11) is 1.39. The second kappa shape index (κ2) is 11.1. The van der Waals surface area contributed by atoms with Gasteiger partial charge in [0.05, 0.1) is 35.0 Å². The average Bonchev–Trinajstić information content (AvgIpc) is 3.22. The molecule has 13 heteroatoms. The van der Waals surface area contributed by atoms with Crippen molar-refractivity contribution in [3.8, 4) is 5.75 Å². The van der Waals surface area contributed by atoms with Crippen LogP contribution in [0.25, 0.3) is 0 Å². The number of methoxy groups -OCH3 is 1. The lowest BCUT2D eigenvalue weighted by Gasteiger charge is -2.15. The maximum absolute atomic E-state index is 13.2. The van der Waals surface area contributed by atoms with Crippen LogP contribution in [0, 0.1) is 5.41 Å². The first-order valence-electron chi connectivity index (χ1n) is 10.2. The Morgan fingerprint density at radius 3 is 2.61 bits per heavy atom. The lowest BCUT2D eigenvalue weighted by atomic mass is 10.1. The van der Waals surface area contributed by atoms with Crippen LogP contribution < -0.4 is 21.0 Å². The lowest BCUT2D eigenvalue weighted by molar-refractivity contribution is 0.102. The number of nitrogens with one attached hydrogen (secondary N) is 3. The Bertz CT molecular complexity index is 1500. The third kappa shape index (κ3) is 5.68. The normalized spacial score (nSPS) is 10.7. The first kappa shape index (κ1) is 25.6. The van der Waals surface area contributed by atoms with E-state index in [0.29, 0.717) is 10.6 Å². The fourth-order valence-corrected chi connectivity index (χ4v) is 4.77. The van der Waals surface area contributed by atoms with E-state index in [-0.39, 0.29) is 49.9 Å². The molecule has 3 aromatic heterocycles. The number of hydrogen-bond acceptors (Lipinski definition) is 7. The van der Waals surface area contributed by atoms with Crippen molar-refractivity contribution in [3.63, 3.8) is 0 Å². The Balaban J connectivity index is 1.62. The van der Waals surface area contributed by atoms with Gasteiger partial charge in [0.2, 0.25) is 5.62 Å². The molecular weight excluding hydrogens is 547 g/mol. The molecular formula is C23H17Cl3N6O3S. The molecule has 0 aliphatic carbocycles. The van der Waals surface area contributed by atoms with Gasteiger partial charge in [-0.15, -0.1) is 11.3 Å². The number of nitrogens with zero attached hydrogens (tertiary/aromatic N) is 3. The molecule has 4 rings (SSSR count). The SMILES string of the molecule is COc1cc(Cl)cc(C(=O)Nc2ccc(Cl)cn2)c1NC(=O)c1scc(Cn2cccnc2=N)c1Cl. The van der Waals surface area contributed by atoms with Crippen molar-refractivity contribution in [2.75, 3.05) is 17.7 Å². The molecule has 0 spiro atoms. The number of rotatable bonds is 7. The molecule has 0 aliphatic heterocycles. The zero-order valence-electron chi connectivity index (χ0n) is 18.5. The Morgan fingerprint density at radius 2 is 1.92 bits per heavy atom. The second-order valence-electron chi connectivity index (χ2n) is 7.28. The number of thiophene rings is 1. The predicted octanol–water partition coefficient (Wildman–Crippen LogP) is 5.34. The maximum atomic E-state index is 13.2. The van der Waals surface area contributed by atoms with Gasteiger partial charge in [0.15, 0.2) is 0 Å². The number of carbonyl (C=O) groups is 2. The Kier molecular flexibility index (Phi) is 7.90. The van der Waals surface area contributed by atoms with Crippen LogP contribution >= 0.6 is 46.1 Å². The van der Waals surface area contributed by atoms with Crippen molar-refractivity contribution in [1.29, 1.82) is 5.41 Å². The van der Waals surface area contributed by atoms with Crippen LogP contribution in [-0.4, -0.2) is 33.5 Å². The second-order valence-corrected chi connectivity index (χ2v) is 9.41. The van der Waals surface area contributed by atoms with Gasteiger partial charge in [-0.3, -0.25) is 15.0 Å². The van der Waals surface area contributed by atoms with Crippen LogP contribution in [0.4, 0.5) is 11.5 Å². The largest absolute Gasteiger partial charge is 0.494 e. The summed E-state index contributed by atoms with van der Waals surface area (Å²) in [5.41, 5.74) is 0.872. The minimum absolute atomic E-state index is 0.0575. The quantitative estimate of drug-likeness (QED) is 0.280. The molecule has 0 fully saturated rings. The molecule has 0 radical (unpaired) electrons. The summed E-state index contributed by atoms with van der Waals surface area (Å²) >= 11 is 19.7. The Morgan fingerprint density at radius 1 is 1.11 bits per heavy atom. The fourth-order valence-electron chi connectivity index (χ4n) is 3.21. The molecule has 0 bridgehead atoms. The number of carbonyl (C=O) groups excluding carboxylic acids is 2. The van der Waals surface area contributed by atoms with Crippen molar-refractivity contribution in [2.24, 2.45) is 0 Å². The standard InChI is InChI=1S/C23H17Cl3N6O3S/c1-35-16-8-14(25)7-15(21(33)30-17-4-3-13(24)9-29-17)19(16)31-22(34)20-18(26)12(11-36-20)10-32-6-2-5-28-23(32)27/h2-9,11,27H,10H2,1H3,(H,31,34)(H,29,30,33). The minimum Gasteiger partial charge on any atom is -0.494 e. The average molecular weight is 564 g/mol. The zero-order valence-corrected chi connectivity index (χ0v) is 21.6. The zero-order chi connectivity index (χ0) is 25.8. The highest BCUT2D eigenvalue weighted by Crippen LogP contribution is 2.35. The fraction of sp³-hybridized carbons (Fsp3) is 0.0870. The van der Waals surface area contributed by atoms with Crippen LogP contribution in [0.3, 0.4) is 0 Å². The van der Waals surface area contributed by atoms with Crippen molar-refractivity contribution in [1.82, 2.24) is 14.5 Å². The third-order valence-electron chi connectivity index (χ3n) is 4.91. The highest BCUT2D eigenvalue weighted by Gasteiger charge is 2.23. The number of benzene rings is 1. The van der Waals surface area contributed by atoms with E-state index in [0.717, 1.165) is 11.3 Å². The van der Waals surface area contributed by atoms with E-state index < -0.39 is 11.8 Å². The van der Waals surface area contributed by atoms with Gasteiger partial charge in [-0.1, -0.05) is 34.8 Å². The van der Waals surface area contributed by atoms with Gasteiger partial charge in [0, 0.05) is 35.2 Å². The summed E-state index contributed by atoms with van der Waals surface area (Å²) in [5.74, 6) is -0.677. The molecule has 36 heavy (non-hydrogen) atoms. The number of ether oxygens (including phenoxy) is 1. The summed E-state index contributed by atoms with van der Waals surface area (Å²) in [5, 5.41) is 15.9. The van der Waals surface area contributed by atoms with Crippen LogP contribution in [0.2, 0.25) is 15.1 Å². The van der Waals surface area contributed by atoms with E-state index >= 15 is 0 Å². The van der Waals surface area contributed by atoms with E-state index in [1.807, 2.05) is 0 Å². The molecule has 0 saturated heterocycles.